The van der Waals surface area contributed by atoms with Gasteiger partial charge in [-0.15, -0.1) is 0 Å². The van der Waals surface area contributed by atoms with E-state index in [0.29, 0.717) is 30.0 Å². The molecule has 2 aromatic heterocycles. The molecular weight excluding hydrogens is 306 g/mol. The lowest BCUT2D eigenvalue weighted by Crippen LogP contribution is -2.23. The van der Waals surface area contributed by atoms with Crippen molar-refractivity contribution in [3.63, 3.8) is 0 Å². The maximum Gasteiger partial charge on any atom is 0.355 e. The zero-order valence-electron chi connectivity index (χ0n) is 14.5. The van der Waals surface area contributed by atoms with Crippen LogP contribution >= 0.6 is 0 Å². The molecule has 2 heterocycles. The Hall–Kier alpha value is -2.47. The molecule has 0 saturated heterocycles. The Bertz CT molecular complexity index is 736. The van der Waals surface area contributed by atoms with Crippen LogP contribution in [-0.2, 0) is 18.3 Å². The molecule has 0 aliphatic carbocycles. The molecule has 2 aromatic rings. The van der Waals surface area contributed by atoms with Gasteiger partial charge in [0.15, 0.2) is 5.78 Å². The molecule has 0 unspecified atom stereocenters. The van der Waals surface area contributed by atoms with E-state index in [9.17, 15) is 9.59 Å². The Labute approximate surface area is 141 Å². The van der Waals surface area contributed by atoms with Gasteiger partial charge in [-0.1, -0.05) is 0 Å². The normalized spacial score (nSPS) is 10.7. The maximum atomic E-state index is 12.6. The van der Waals surface area contributed by atoms with Gasteiger partial charge in [0, 0.05) is 37.2 Å². The summed E-state index contributed by atoms with van der Waals surface area (Å²) in [6, 6.07) is 3.80. The van der Waals surface area contributed by atoms with E-state index >= 15 is 0 Å². The van der Waals surface area contributed by atoms with Gasteiger partial charge in [-0.25, -0.2) is 4.79 Å². The van der Waals surface area contributed by atoms with Crippen LogP contribution in [0.15, 0.2) is 24.5 Å². The molecule has 0 aliphatic rings. The van der Waals surface area contributed by atoms with Crippen LogP contribution < -0.4 is 5.32 Å². The van der Waals surface area contributed by atoms with Gasteiger partial charge in [-0.2, -0.15) is 0 Å². The molecule has 6 heteroatoms. The zero-order valence-corrected chi connectivity index (χ0v) is 14.5. The van der Waals surface area contributed by atoms with E-state index in [2.05, 4.69) is 10.3 Å². The Kier molecular flexibility index (Phi) is 5.87. The van der Waals surface area contributed by atoms with Crippen molar-refractivity contribution in [3.8, 4) is 0 Å². The van der Waals surface area contributed by atoms with Crippen LogP contribution in [-0.4, -0.2) is 34.5 Å². The minimum Gasteiger partial charge on any atom is -0.461 e. The van der Waals surface area contributed by atoms with Crippen molar-refractivity contribution in [2.45, 2.75) is 27.3 Å². The average molecular weight is 329 g/mol. The summed E-state index contributed by atoms with van der Waals surface area (Å²) in [6.45, 7) is 6.48. The van der Waals surface area contributed by atoms with Crippen molar-refractivity contribution < 1.29 is 14.3 Å². The standard InChI is InChI=1S/C18H23N3O3/c1-5-24-18(23)17-12(2)16(13(3)21(17)4)15(22)11-20-10-14-6-8-19-9-7-14/h6-9,20H,5,10-11H2,1-4H3. The summed E-state index contributed by atoms with van der Waals surface area (Å²) in [7, 11) is 1.77. The highest BCUT2D eigenvalue weighted by Gasteiger charge is 2.25. The van der Waals surface area contributed by atoms with Gasteiger partial charge in [0.1, 0.15) is 5.69 Å². The minimum absolute atomic E-state index is 0.0368. The van der Waals surface area contributed by atoms with Crippen molar-refractivity contribution in [1.29, 1.82) is 0 Å². The van der Waals surface area contributed by atoms with E-state index in [1.54, 1.807) is 37.9 Å². The molecule has 2 rings (SSSR count). The molecule has 24 heavy (non-hydrogen) atoms. The van der Waals surface area contributed by atoms with E-state index in [-0.39, 0.29) is 12.3 Å². The van der Waals surface area contributed by atoms with Crippen LogP contribution in [0.3, 0.4) is 0 Å². The first kappa shape index (κ1) is 17.9. The van der Waals surface area contributed by atoms with Gasteiger partial charge in [0.05, 0.1) is 13.2 Å². The van der Waals surface area contributed by atoms with Crippen molar-refractivity contribution in [1.82, 2.24) is 14.9 Å². The first-order valence-electron chi connectivity index (χ1n) is 7.93. The number of rotatable bonds is 7. The van der Waals surface area contributed by atoms with Gasteiger partial charge in [-0.3, -0.25) is 9.78 Å². The summed E-state index contributed by atoms with van der Waals surface area (Å²) < 4.78 is 6.81. The number of nitrogens with zero attached hydrogens (tertiary/aromatic N) is 2. The number of esters is 1. The maximum absolute atomic E-state index is 12.6. The van der Waals surface area contributed by atoms with Crippen molar-refractivity contribution >= 4 is 11.8 Å². The second-order valence-electron chi connectivity index (χ2n) is 5.60. The molecule has 128 valence electrons. The lowest BCUT2D eigenvalue weighted by Gasteiger charge is -2.05. The van der Waals surface area contributed by atoms with Gasteiger partial charge < -0.3 is 14.6 Å². The Morgan fingerprint density at radius 2 is 1.92 bits per heavy atom. The Morgan fingerprint density at radius 3 is 2.54 bits per heavy atom. The number of hydrogen-bond acceptors (Lipinski definition) is 5. The highest BCUT2D eigenvalue weighted by molar-refractivity contribution is 6.03. The van der Waals surface area contributed by atoms with Gasteiger partial charge in [0.25, 0.3) is 0 Å². The molecule has 0 bridgehead atoms. The molecule has 1 N–H and O–H groups in total. The topological polar surface area (TPSA) is 73.2 Å². The first-order chi connectivity index (χ1) is 11.5. The van der Waals surface area contributed by atoms with Gasteiger partial charge in [-0.05, 0) is 44.0 Å². The lowest BCUT2D eigenvalue weighted by atomic mass is 10.1. The minimum atomic E-state index is -0.399. The van der Waals surface area contributed by atoms with Crippen molar-refractivity contribution in [2.75, 3.05) is 13.2 Å². The van der Waals surface area contributed by atoms with Crippen LogP contribution in [0.4, 0.5) is 0 Å². The lowest BCUT2D eigenvalue weighted by molar-refractivity contribution is 0.0514. The molecule has 0 aliphatic heterocycles. The Balaban J connectivity index is 2.12. The average Bonchev–Trinajstić information content (AvgIpc) is 2.78. The number of aromatic nitrogens is 2. The SMILES string of the molecule is CCOC(=O)c1c(C)c(C(=O)CNCc2ccncc2)c(C)n1C. The summed E-state index contributed by atoms with van der Waals surface area (Å²) in [6.07, 6.45) is 3.44. The van der Waals surface area contributed by atoms with Crippen LogP contribution in [0.2, 0.25) is 0 Å². The molecule has 0 atom stereocenters. The largest absolute Gasteiger partial charge is 0.461 e. The number of ketones is 1. The number of Topliss-reactive ketones (excluding diaryl/α,β-unsaturated/α-hetero) is 1. The summed E-state index contributed by atoms with van der Waals surface area (Å²) in [5, 5.41) is 3.13. The molecule has 0 fully saturated rings. The quantitative estimate of drug-likeness (QED) is 0.623. The fraction of sp³-hybridized carbons (Fsp3) is 0.389. The summed E-state index contributed by atoms with van der Waals surface area (Å²) in [4.78, 5) is 28.6. The van der Waals surface area contributed by atoms with E-state index in [1.165, 1.54) is 0 Å². The van der Waals surface area contributed by atoms with Crippen LogP contribution in [0.1, 0.15) is 44.6 Å². The van der Waals surface area contributed by atoms with E-state index in [4.69, 9.17) is 4.74 Å². The van der Waals surface area contributed by atoms with Crippen molar-refractivity contribution in [3.05, 3.63) is 52.6 Å². The molecule has 0 amide bonds. The van der Waals surface area contributed by atoms with Crippen LogP contribution in [0.5, 0.6) is 0 Å². The Morgan fingerprint density at radius 1 is 1.25 bits per heavy atom. The van der Waals surface area contributed by atoms with Crippen LogP contribution in [0, 0.1) is 13.8 Å². The summed E-state index contributed by atoms with van der Waals surface area (Å²) in [5.41, 5.74) is 3.52. The highest BCUT2D eigenvalue weighted by Crippen LogP contribution is 2.22. The molecule has 0 saturated carbocycles. The number of carbonyl (C=O) groups is 2. The predicted molar refractivity (Wildman–Crippen MR) is 91.1 cm³/mol. The fourth-order valence-electron chi connectivity index (χ4n) is 2.79. The second-order valence-corrected chi connectivity index (χ2v) is 5.60. The zero-order chi connectivity index (χ0) is 17.7. The number of carbonyl (C=O) groups excluding carboxylic acids is 2. The van der Waals surface area contributed by atoms with Gasteiger partial charge in [0.2, 0.25) is 0 Å². The second kappa shape index (κ2) is 7.88. The monoisotopic (exact) mass is 329 g/mol. The molecular formula is C18H23N3O3. The number of pyridine rings is 1. The fourth-order valence-corrected chi connectivity index (χ4v) is 2.79. The van der Waals surface area contributed by atoms with Crippen LogP contribution in [0.25, 0.3) is 0 Å². The molecule has 6 nitrogen and oxygen atoms in total. The number of hydrogen-bond donors (Lipinski definition) is 1. The third-order valence-electron chi connectivity index (χ3n) is 4.04. The molecule has 0 aromatic carbocycles. The summed E-state index contributed by atoms with van der Waals surface area (Å²) in [5.74, 6) is -0.436. The molecule has 0 spiro atoms. The third-order valence-corrected chi connectivity index (χ3v) is 4.04. The van der Waals surface area contributed by atoms with E-state index < -0.39 is 5.97 Å². The first-order valence-corrected chi connectivity index (χ1v) is 7.93. The summed E-state index contributed by atoms with van der Waals surface area (Å²) >= 11 is 0. The smallest absolute Gasteiger partial charge is 0.355 e. The number of nitrogens with one attached hydrogen (secondary N) is 1. The van der Waals surface area contributed by atoms with Crippen molar-refractivity contribution in [2.24, 2.45) is 7.05 Å². The number of ether oxygens (including phenoxy) is 1. The highest BCUT2D eigenvalue weighted by atomic mass is 16.5. The van der Waals surface area contributed by atoms with E-state index in [0.717, 1.165) is 11.3 Å². The van der Waals surface area contributed by atoms with Gasteiger partial charge >= 0.3 is 5.97 Å². The third kappa shape index (κ3) is 3.71. The predicted octanol–water partition coefficient (Wildman–Crippen LogP) is 2.19. The molecule has 0 radical (unpaired) electrons. The van der Waals surface area contributed by atoms with E-state index in [1.807, 2.05) is 19.1 Å².